The zero-order chi connectivity index (χ0) is 20.5. The van der Waals surface area contributed by atoms with Gasteiger partial charge in [-0.05, 0) is 26.8 Å². The van der Waals surface area contributed by atoms with E-state index in [1.165, 1.54) is 0 Å². The molecule has 0 aliphatic carbocycles. The molecule has 3 N–H and O–H groups in total. The van der Waals surface area contributed by atoms with Crippen LogP contribution in [0.5, 0.6) is 11.5 Å². The summed E-state index contributed by atoms with van der Waals surface area (Å²) >= 11 is 0. The van der Waals surface area contributed by atoms with E-state index in [-0.39, 0.29) is 11.6 Å². The normalized spacial score (nSPS) is 14.9. The summed E-state index contributed by atoms with van der Waals surface area (Å²) in [6.45, 7) is 8.36. The van der Waals surface area contributed by atoms with Gasteiger partial charge in [0.1, 0.15) is 5.82 Å². The van der Waals surface area contributed by atoms with Crippen LogP contribution < -0.4 is 25.4 Å². The number of urea groups is 1. The second-order valence-electron chi connectivity index (χ2n) is 7.79. The minimum atomic E-state index is -0.260. The molecule has 2 heterocycles. The van der Waals surface area contributed by atoms with Crippen LogP contribution in [-0.2, 0) is 0 Å². The molecule has 0 bridgehead atoms. The summed E-state index contributed by atoms with van der Waals surface area (Å²) in [6.07, 6.45) is 0. The number of ether oxygens (including phenoxy) is 2. The number of nitrogen functional groups attached to an aromatic ring is 1. The average molecular weight is 388 g/mol. The van der Waals surface area contributed by atoms with Gasteiger partial charge in [0.15, 0.2) is 11.5 Å². The Morgan fingerprint density at radius 1 is 1.07 bits per heavy atom. The molecule has 9 heteroatoms. The SMILES string of the molecule is COc1cc2nc(N3CCN(C(=O)NC(C)(C)C)CC3)nc(N)c2cc1OC. The number of fused-ring (bicyclic) bond motifs is 1. The maximum Gasteiger partial charge on any atom is 0.317 e. The number of piperazine rings is 1. The first-order valence-corrected chi connectivity index (χ1v) is 9.23. The van der Waals surface area contributed by atoms with E-state index in [1.807, 2.05) is 25.7 Å². The van der Waals surface area contributed by atoms with Gasteiger partial charge in [0, 0.05) is 43.2 Å². The van der Waals surface area contributed by atoms with E-state index < -0.39 is 0 Å². The highest BCUT2D eigenvalue weighted by molar-refractivity contribution is 5.91. The van der Waals surface area contributed by atoms with Crippen LogP contribution in [0.1, 0.15) is 20.8 Å². The van der Waals surface area contributed by atoms with Crippen molar-refractivity contribution in [3.8, 4) is 11.5 Å². The minimum absolute atomic E-state index is 0.0528. The predicted octanol–water partition coefficient (Wildman–Crippen LogP) is 1.86. The van der Waals surface area contributed by atoms with Crippen LogP contribution >= 0.6 is 0 Å². The molecule has 152 valence electrons. The standard InChI is InChI=1S/C19H28N6O3/c1-19(2,3)23-18(26)25-8-6-24(7-9-25)17-21-13-11-15(28-5)14(27-4)10-12(13)16(20)22-17/h10-11H,6-9H2,1-5H3,(H,23,26)(H2,20,21,22). The Hall–Kier alpha value is -2.97. The topological polar surface area (TPSA) is 106 Å². The van der Waals surface area contributed by atoms with Gasteiger partial charge in [0.2, 0.25) is 5.95 Å². The summed E-state index contributed by atoms with van der Waals surface area (Å²) in [5, 5.41) is 3.70. The minimum Gasteiger partial charge on any atom is -0.493 e. The predicted molar refractivity (Wildman–Crippen MR) is 109 cm³/mol. The molecule has 3 rings (SSSR count). The summed E-state index contributed by atoms with van der Waals surface area (Å²) in [7, 11) is 3.15. The summed E-state index contributed by atoms with van der Waals surface area (Å²) in [5.41, 5.74) is 6.60. The summed E-state index contributed by atoms with van der Waals surface area (Å²) in [6, 6.07) is 3.52. The third-order valence-electron chi connectivity index (χ3n) is 4.55. The van der Waals surface area contributed by atoms with Gasteiger partial charge in [-0.15, -0.1) is 0 Å². The van der Waals surface area contributed by atoms with Crippen molar-refractivity contribution in [1.29, 1.82) is 0 Å². The Balaban J connectivity index is 1.79. The number of hydrogen-bond acceptors (Lipinski definition) is 7. The monoisotopic (exact) mass is 388 g/mol. The molecule has 0 unspecified atom stereocenters. The number of methoxy groups -OCH3 is 2. The number of carbonyl (C=O) groups excluding carboxylic acids is 1. The molecule has 0 spiro atoms. The van der Waals surface area contributed by atoms with Crippen molar-refractivity contribution in [2.75, 3.05) is 51.0 Å². The maximum absolute atomic E-state index is 12.3. The van der Waals surface area contributed by atoms with Crippen LogP contribution in [0.15, 0.2) is 12.1 Å². The first kappa shape index (κ1) is 19.8. The molecule has 0 radical (unpaired) electrons. The van der Waals surface area contributed by atoms with Crippen molar-refractivity contribution in [2.24, 2.45) is 0 Å². The third kappa shape index (κ3) is 4.13. The first-order chi connectivity index (χ1) is 13.2. The van der Waals surface area contributed by atoms with Gasteiger partial charge < -0.3 is 30.3 Å². The molecule has 28 heavy (non-hydrogen) atoms. The molecule has 1 saturated heterocycles. The van der Waals surface area contributed by atoms with Gasteiger partial charge in [0.25, 0.3) is 0 Å². The molecule has 0 saturated carbocycles. The summed E-state index contributed by atoms with van der Waals surface area (Å²) in [5.74, 6) is 2.10. The Morgan fingerprint density at radius 3 is 2.25 bits per heavy atom. The second kappa shape index (κ2) is 7.57. The Morgan fingerprint density at radius 2 is 1.68 bits per heavy atom. The van der Waals surface area contributed by atoms with E-state index in [0.717, 1.165) is 0 Å². The lowest BCUT2D eigenvalue weighted by Crippen LogP contribution is -2.55. The lowest BCUT2D eigenvalue weighted by Gasteiger charge is -2.36. The number of carbonyl (C=O) groups is 1. The number of hydrogen-bond donors (Lipinski definition) is 2. The van der Waals surface area contributed by atoms with Crippen molar-refractivity contribution in [3.05, 3.63) is 12.1 Å². The van der Waals surface area contributed by atoms with Gasteiger partial charge in [-0.25, -0.2) is 9.78 Å². The molecule has 9 nitrogen and oxygen atoms in total. The number of nitrogens with one attached hydrogen (secondary N) is 1. The first-order valence-electron chi connectivity index (χ1n) is 9.23. The van der Waals surface area contributed by atoms with Crippen molar-refractivity contribution in [2.45, 2.75) is 26.3 Å². The zero-order valence-electron chi connectivity index (χ0n) is 17.1. The van der Waals surface area contributed by atoms with Crippen molar-refractivity contribution < 1.29 is 14.3 Å². The molecular formula is C19H28N6O3. The number of nitrogens with two attached hydrogens (primary N) is 1. The van der Waals surface area contributed by atoms with Gasteiger partial charge in [-0.2, -0.15) is 4.98 Å². The van der Waals surface area contributed by atoms with E-state index in [2.05, 4.69) is 15.3 Å². The highest BCUT2D eigenvalue weighted by atomic mass is 16.5. The molecule has 1 aromatic heterocycles. The summed E-state index contributed by atoms with van der Waals surface area (Å²) < 4.78 is 10.7. The average Bonchev–Trinajstić information content (AvgIpc) is 2.65. The number of anilines is 2. The van der Waals surface area contributed by atoms with E-state index >= 15 is 0 Å². The fraction of sp³-hybridized carbons (Fsp3) is 0.526. The maximum atomic E-state index is 12.3. The number of rotatable bonds is 3. The fourth-order valence-corrected chi connectivity index (χ4v) is 3.12. The van der Waals surface area contributed by atoms with Gasteiger partial charge >= 0.3 is 6.03 Å². The van der Waals surface area contributed by atoms with Crippen LogP contribution in [0.3, 0.4) is 0 Å². The molecule has 0 atom stereocenters. The fourth-order valence-electron chi connectivity index (χ4n) is 3.12. The lowest BCUT2D eigenvalue weighted by atomic mass is 10.1. The number of amides is 2. The van der Waals surface area contributed by atoms with E-state index in [1.54, 1.807) is 31.3 Å². The van der Waals surface area contributed by atoms with Crippen LogP contribution in [0.2, 0.25) is 0 Å². The molecule has 2 amide bonds. The molecule has 1 fully saturated rings. The second-order valence-corrected chi connectivity index (χ2v) is 7.79. The van der Waals surface area contributed by atoms with E-state index in [0.29, 0.717) is 60.3 Å². The van der Waals surface area contributed by atoms with Crippen LogP contribution in [0, 0.1) is 0 Å². The number of aromatic nitrogens is 2. The Bertz CT molecular complexity index is 872. The number of nitrogens with zero attached hydrogens (tertiary/aromatic N) is 4. The quantitative estimate of drug-likeness (QED) is 0.827. The zero-order valence-corrected chi connectivity index (χ0v) is 17.1. The third-order valence-corrected chi connectivity index (χ3v) is 4.55. The molecule has 1 aromatic carbocycles. The molecular weight excluding hydrogens is 360 g/mol. The highest BCUT2D eigenvalue weighted by Crippen LogP contribution is 2.34. The lowest BCUT2D eigenvalue weighted by molar-refractivity contribution is 0.185. The van der Waals surface area contributed by atoms with Crippen LogP contribution in [0.25, 0.3) is 10.9 Å². The Kier molecular flexibility index (Phi) is 5.35. The van der Waals surface area contributed by atoms with Gasteiger partial charge in [-0.3, -0.25) is 0 Å². The van der Waals surface area contributed by atoms with Crippen molar-refractivity contribution in [3.63, 3.8) is 0 Å². The largest absolute Gasteiger partial charge is 0.493 e. The molecule has 2 aromatic rings. The van der Waals surface area contributed by atoms with Crippen molar-refractivity contribution in [1.82, 2.24) is 20.2 Å². The van der Waals surface area contributed by atoms with Crippen molar-refractivity contribution >= 4 is 28.7 Å². The number of benzene rings is 1. The van der Waals surface area contributed by atoms with E-state index in [9.17, 15) is 4.79 Å². The smallest absolute Gasteiger partial charge is 0.317 e. The Labute approximate surface area is 164 Å². The molecule has 1 aliphatic rings. The summed E-state index contributed by atoms with van der Waals surface area (Å²) in [4.78, 5) is 25.3. The van der Waals surface area contributed by atoms with Gasteiger partial charge in [-0.1, -0.05) is 0 Å². The highest BCUT2D eigenvalue weighted by Gasteiger charge is 2.25. The van der Waals surface area contributed by atoms with Gasteiger partial charge in [0.05, 0.1) is 19.7 Å². The molecule has 1 aliphatic heterocycles. The van der Waals surface area contributed by atoms with Crippen LogP contribution in [-0.4, -0.2) is 66.8 Å². The van der Waals surface area contributed by atoms with Crippen LogP contribution in [0.4, 0.5) is 16.6 Å². The van der Waals surface area contributed by atoms with E-state index in [4.69, 9.17) is 15.2 Å².